The maximum absolute atomic E-state index is 13.3. The predicted molar refractivity (Wildman–Crippen MR) is 142 cm³/mol. The number of halogens is 2. The van der Waals surface area contributed by atoms with E-state index in [1.54, 1.807) is 37.4 Å². The number of hydrogen-bond donors (Lipinski definition) is 1. The van der Waals surface area contributed by atoms with E-state index in [9.17, 15) is 9.18 Å². The first kappa shape index (κ1) is 26.5. The van der Waals surface area contributed by atoms with Crippen LogP contribution in [0.4, 0.5) is 4.39 Å². The molecule has 0 aliphatic carbocycles. The van der Waals surface area contributed by atoms with Crippen molar-refractivity contribution in [1.82, 2.24) is 20.1 Å². The van der Waals surface area contributed by atoms with Gasteiger partial charge in [-0.15, -0.1) is 10.2 Å². The normalized spacial score (nSPS) is 11.7. The number of ether oxygens (including phenoxy) is 2. The lowest BCUT2D eigenvalue weighted by Crippen LogP contribution is -2.29. The van der Waals surface area contributed by atoms with Crippen LogP contribution in [0.5, 0.6) is 11.5 Å². The van der Waals surface area contributed by atoms with Crippen molar-refractivity contribution in [3.8, 4) is 17.2 Å². The number of benzene rings is 3. The second kappa shape index (κ2) is 11.7. The molecule has 1 aromatic heterocycles. The SMILES string of the molecule is COc1ccc(C(=O)NC(C)c2nnc(SCc3ccc(F)cc3)n2-c2cc(Cl)ccc2C)c(OC)c1. The Morgan fingerprint density at radius 2 is 1.84 bits per heavy atom. The van der Waals surface area contributed by atoms with Crippen molar-refractivity contribution in [2.24, 2.45) is 0 Å². The number of carbonyl (C=O) groups excluding carboxylic acids is 1. The fourth-order valence-electron chi connectivity index (χ4n) is 3.76. The summed E-state index contributed by atoms with van der Waals surface area (Å²) < 4.78 is 25.8. The molecular formula is C27H26ClFN4O3S. The molecule has 4 rings (SSSR count). The van der Waals surface area contributed by atoms with Crippen molar-refractivity contribution in [2.45, 2.75) is 30.8 Å². The lowest BCUT2D eigenvalue weighted by atomic mass is 10.1. The van der Waals surface area contributed by atoms with Crippen LogP contribution in [0.15, 0.2) is 65.8 Å². The summed E-state index contributed by atoms with van der Waals surface area (Å²) in [6.07, 6.45) is 0. The van der Waals surface area contributed by atoms with E-state index >= 15 is 0 Å². The molecule has 4 aromatic rings. The molecule has 0 aliphatic heterocycles. The molecule has 0 fully saturated rings. The monoisotopic (exact) mass is 540 g/mol. The Bertz CT molecular complexity index is 1410. The van der Waals surface area contributed by atoms with Gasteiger partial charge in [0.1, 0.15) is 17.3 Å². The number of thioether (sulfide) groups is 1. The fourth-order valence-corrected chi connectivity index (χ4v) is 4.83. The van der Waals surface area contributed by atoms with Crippen LogP contribution < -0.4 is 14.8 Å². The Kier molecular flexibility index (Phi) is 8.35. The first-order chi connectivity index (χ1) is 17.8. The van der Waals surface area contributed by atoms with Gasteiger partial charge >= 0.3 is 0 Å². The summed E-state index contributed by atoms with van der Waals surface area (Å²) in [5.74, 6) is 1.46. The lowest BCUT2D eigenvalue weighted by Gasteiger charge is -2.18. The maximum Gasteiger partial charge on any atom is 0.255 e. The number of nitrogens with zero attached hydrogens (tertiary/aromatic N) is 3. The molecular weight excluding hydrogens is 515 g/mol. The third-order valence-corrected chi connectivity index (χ3v) is 6.98. The Balaban J connectivity index is 1.66. The number of aromatic nitrogens is 3. The zero-order chi connectivity index (χ0) is 26.5. The van der Waals surface area contributed by atoms with Crippen molar-refractivity contribution in [3.05, 3.63) is 94.0 Å². The summed E-state index contributed by atoms with van der Waals surface area (Å²) in [7, 11) is 3.05. The summed E-state index contributed by atoms with van der Waals surface area (Å²) in [5, 5.41) is 13.0. The van der Waals surface area contributed by atoms with Crippen LogP contribution in [0, 0.1) is 12.7 Å². The molecule has 0 spiro atoms. The minimum atomic E-state index is -0.509. The molecule has 0 saturated heterocycles. The van der Waals surface area contributed by atoms with Crippen LogP contribution in [-0.4, -0.2) is 34.9 Å². The van der Waals surface area contributed by atoms with Gasteiger partial charge in [0.2, 0.25) is 0 Å². The van der Waals surface area contributed by atoms with Gasteiger partial charge in [-0.25, -0.2) is 4.39 Å². The van der Waals surface area contributed by atoms with Gasteiger partial charge in [0.05, 0.1) is 31.5 Å². The van der Waals surface area contributed by atoms with E-state index < -0.39 is 6.04 Å². The Morgan fingerprint density at radius 3 is 2.54 bits per heavy atom. The molecule has 0 bridgehead atoms. The van der Waals surface area contributed by atoms with Crippen LogP contribution in [0.25, 0.3) is 5.69 Å². The number of rotatable bonds is 9. The molecule has 0 radical (unpaired) electrons. The molecule has 1 amide bonds. The summed E-state index contributed by atoms with van der Waals surface area (Å²) in [5.41, 5.74) is 3.07. The van der Waals surface area contributed by atoms with E-state index in [4.69, 9.17) is 21.1 Å². The molecule has 192 valence electrons. The van der Waals surface area contributed by atoms with Crippen LogP contribution in [-0.2, 0) is 5.75 Å². The van der Waals surface area contributed by atoms with Gasteiger partial charge in [0.15, 0.2) is 11.0 Å². The van der Waals surface area contributed by atoms with Crippen molar-refractivity contribution in [3.63, 3.8) is 0 Å². The van der Waals surface area contributed by atoms with Gasteiger partial charge in [-0.1, -0.05) is 41.6 Å². The molecule has 1 heterocycles. The van der Waals surface area contributed by atoms with Gasteiger partial charge in [0, 0.05) is 16.8 Å². The molecule has 1 N–H and O–H groups in total. The lowest BCUT2D eigenvalue weighted by molar-refractivity contribution is 0.0935. The minimum absolute atomic E-state index is 0.285. The molecule has 37 heavy (non-hydrogen) atoms. The van der Waals surface area contributed by atoms with Crippen LogP contribution in [0.3, 0.4) is 0 Å². The van der Waals surface area contributed by atoms with E-state index in [0.717, 1.165) is 16.8 Å². The summed E-state index contributed by atoms with van der Waals surface area (Å²) in [4.78, 5) is 13.2. The first-order valence-corrected chi connectivity index (χ1v) is 12.8. The average Bonchev–Trinajstić information content (AvgIpc) is 3.33. The molecule has 10 heteroatoms. The molecule has 7 nitrogen and oxygen atoms in total. The van der Waals surface area contributed by atoms with E-state index in [1.807, 2.05) is 36.6 Å². The molecule has 1 unspecified atom stereocenters. The Hall–Kier alpha value is -3.56. The van der Waals surface area contributed by atoms with Crippen LogP contribution in [0.1, 0.15) is 40.3 Å². The van der Waals surface area contributed by atoms with Crippen molar-refractivity contribution in [1.29, 1.82) is 0 Å². The van der Waals surface area contributed by atoms with E-state index in [2.05, 4.69) is 15.5 Å². The maximum atomic E-state index is 13.3. The fraction of sp³-hybridized carbons (Fsp3) is 0.222. The number of nitrogens with one attached hydrogen (secondary N) is 1. The second-order valence-corrected chi connectivity index (χ2v) is 9.66. The van der Waals surface area contributed by atoms with Crippen LogP contribution >= 0.6 is 23.4 Å². The van der Waals surface area contributed by atoms with Crippen molar-refractivity contribution < 1.29 is 18.7 Å². The number of aryl methyl sites for hydroxylation is 1. The van der Waals surface area contributed by atoms with Crippen LogP contribution in [0.2, 0.25) is 5.02 Å². The van der Waals surface area contributed by atoms with Gasteiger partial charge < -0.3 is 14.8 Å². The Labute approximate surface area is 224 Å². The number of carbonyl (C=O) groups is 1. The summed E-state index contributed by atoms with van der Waals surface area (Å²) in [6, 6.07) is 16.4. The standard InChI is InChI=1S/C27H26ClFN4O3S/c1-16-5-8-19(28)13-23(16)33-25(31-32-27(33)37-15-18-6-9-20(29)10-7-18)17(2)30-26(34)22-12-11-21(35-3)14-24(22)36-4/h5-14,17H,15H2,1-4H3,(H,30,34). The molecule has 0 saturated carbocycles. The largest absolute Gasteiger partial charge is 0.497 e. The summed E-state index contributed by atoms with van der Waals surface area (Å²) in [6.45, 7) is 3.80. The number of hydrogen-bond acceptors (Lipinski definition) is 6. The van der Waals surface area contributed by atoms with Gasteiger partial charge in [-0.2, -0.15) is 0 Å². The zero-order valence-electron chi connectivity index (χ0n) is 20.8. The van der Waals surface area contributed by atoms with E-state index in [-0.39, 0.29) is 11.7 Å². The number of amides is 1. The van der Waals surface area contributed by atoms with Crippen molar-refractivity contribution in [2.75, 3.05) is 14.2 Å². The van der Waals surface area contributed by atoms with Crippen molar-refractivity contribution >= 4 is 29.3 Å². The molecule has 0 aliphatic rings. The van der Waals surface area contributed by atoms with E-state index in [0.29, 0.717) is 38.8 Å². The summed E-state index contributed by atoms with van der Waals surface area (Å²) >= 11 is 7.79. The third kappa shape index (κ3) is 6.06. The quantitative estimate of drug-likeness (QED) is 0.256. The van der Waals surface area contributed by atoms with E-state index in [1.165, 1.54) is 31.0 Å². The third-order valence-electron chi connectivity index (χ3n) is 5.74. The first-order valence-electron chi connectivity index (χ1n) is 11.4. The smallest absolute Gasteiger partial charge is 0.255 e. The van der Waals surface area contributed by atoms with Gasteiger partial charge in [-0.05, 0) is 61.4 Å². The highest BCUT2D eigenvalue weighted by Crippen LogP contribution is 2.31. The van der Waals surface area contributed by atoms with Gasteiger partial charge in [0.25, 0.3) is 5.91 Å². The minimum Gasteiger partial charge on any atom is -0.497 e. The topological polar surface area (TPSA) is 78.3 Å². The number of methoxy groups -OCH3 is 2. The second-order valence-electron chi connectivity index (χ2n) is 8.28. The van der Waals surface area contributed by atoms with Gasteiger partial charge in [-0.3, -0.25) is 9.36 Å². The molecule has 3 aromatic carbocycles. The predicted octanol–water partition coefficient (Wildman–Crippen LogP) is 6.17. The average molecular weight is 541 g/mol. The molecule has 1 atom stereocenters. The zero-order valence-corrected chi connectivity index (χ0v) is 22.4. The highest BCUT2D eigenvalue weighted by molar-refractivity contribution is 7.98. The highest BCUT2D eigenvalue weighted by Gasteiger charge is 2.24. The Morgan fingerprint density at radius 1 is 1.08 bits per heavy atom. The highest BCUT2D eigenvalue weighted by atomic mass is 35.5.